The molecule has 1 rings (SSSR count). The maximum atomic E-state index is 11.8. The van der Waals surface area contributed by atoms with Gasteiger partial charge in [-0.3, -0.25) is 9.59 Å². The number of hydrogen-bond acceptors (Lipinski definition) is 3. The molecular weight excluding hydrogens is 216 g/mol. The van der Waals surface area contributed by atoms with Gasteiger partial charge in [0.15, 0.2) is 5.78 Å². The van der Waals surface area contributed by atoms with Crippen LogP contribution in [0.5, 0.6) is 0 Å². The number of hydrogen-bond donors (Lipinski definition) is 0. The summed E-state index contributed by atoms with van der Waals surface area (Å²) in [4.78, 5) is 23.3. The van der Waals surface area contributed by atoms with Crippen LogP contribution in [0.3, 0.4) is 0 Å². The van der Waals surface area contributed by atoms with Gasteiger partial charge in [0.05, 0.1) is 0 Å². The molecular formula is C14H18O3. The highest BCUT2D eigenvalue weighted by molar-refractivity contribution is 6.06. The number of benzene rings is 1. The van der Waals surface area contributed by atoms with E-state index in [4.69, 9.17) is 4.74 Å². The second-order valence-corrected chi connectivity index (χ2v) is 5.06. The monoisotopic (exact) mass is 234 g/mol. The molecule has 92 valence electrons. The zero-order valence-corrected chi connectivity index (χ0v) is 10.7. The maximum Gasteiger partial charge on any atom is 0.314 e. The Bertz CT molecular complexity index is 427. The standard InChI is InChI=1S/C14H18O3/c1-10-6-5-7-11(8-10)12(15)9-13(16)17-14(2,3)4/h5-8H,9H2,1-4H3. The molecule has 3 heteroatoms. The summed E-state index contributed by atoms with van der Waals surface area (Å²) in [5.41, 5.74) is 1.00. The molecule has 0 aliphatic rings. The van der Waals surface area contributed by atoms with Gasteiger partial charge in [-0.2, -0.15) is 0 Å². The Labute approximate surface area is 102 Å². The first-order valence-electron chi connectivity index (χ1n) is 5.59. The Morgan fingerprint density at radius 1 is 1.24 bits per heavy atom. The molecule has 0 spiro atoms. The molecule has 0 aromatic heterocycles. The lowest BCUT2D eigenvalue weighted by atomic mass is 10.1. The first-order valence-corrected chi connectivity index (χ1v) is 5.59. The predicted octanol–water partition coefficient (Wildman–Crippen LogP) is 2.91. The molecule has 0 bridgehead atoms. The van der Waals surface area contributed by atoms with Gasteiger partial charge < -0.3 is 4.74 Å². The minimum atomic E-state index is -0.552. The van der Waals surface area contributed by atoms with Crippen LogP contribution in [0.2, 0.25) is 0 Å². The number of rotatable bonds is 3. The Morgan fingerprint density at radius 2 is 1.88 bits per heavy atom. The molecule has 1 aromatic carbocycles. The number of aryl methyl sites for hydroxylation is 1. The van der Waals surface area contributed by atoms with Gasteiger partial charge in [0.2, 0.25) is 0 Å². The highest BCUT2D eigenvalue weighted by Crippen LogP contribution is 2.11. The third-order valence-corrected chi connectivity index (χ3v) is 2.06. The molecule has 1 aromatic rings. The van der Waals surface area contributed by atoms with Crippen LogP contribution in [0.4, 0.5) is 0 Å². The van der Waals surface area contributed by atoms with Gasteiger partial charge in [0.25, 0.3) is 0 Å². The zero-order chi connectivity index (χ0) is 13.1. The van der Waals surface area contributed by atoms with E-state index in [-0.39, 0.29) is 12.2 Å². The minimum Gasteiger partial charge on any atom is -0.460 e. The van der Waals surface area contributed by atoms with E-state index >= 15 is 0 Å². The van der Waals surface area contributed by atoms with E-state index in [0.29, 0.717) is 5.56 Å². The highest BCUT2D eigenvalue weighted by Gasteiger charge is 2.19. The molecule has 0 saturated carbocycles. The van der Waals surface area contributed by atoms with Crippen LogP contribution >= 0.6 is 0 Å². The summed E-state index contributed by atoms with van der Waals surface area (Å²) in [5, 5.41) is 0. The third kappa shape index (κ3) is 4.81. The van der Waals surface area contributed by atoms with Crippen molar-refractivity contribution in [3.63, 3.8) is 0 Å². The van der Waals surface area contributed by atoms with Crippen molar-refractivity contribution in [3.05, 3.63) is 35.4 Å². The number of Topliss-reactive ketones (excluding diaryl/α,β-unsaturated/α-hetero) is 1. The molecule has 0 saturated heterocycles. The summed E-state index contributed by atoms with van der Waals surface area (Å²) in [5.74, 6) is -0.688. The average Bonchev–Trinajstić information content (AvgIpc) is 2.14. The highest BCUT2D eigenvalue weighted by atomic mass is 16.6. The van der Waals surface area contributed by atoms with E-state index in [9.17, 15) is 9.59 Å². The Hall–Kier alpha value is -1.64. The number of carbonyl (C=O) groups is 2. The number of ether oxygens (including phenoxy) is 1. The topological polar surface area (TPSA) is 43.4 Å². The van der Waals surface area contributed by atoms with Gasteiger partial charge in [0, 0.05) is 5.56 Å². The first kappa shape index (κ1) is 13.4. The van der Waals surface area contributed by atoms with Gasteiger partial charge in [-0.15, -0.1) is 0 Å². The summed E-state index contributed by atoms with van der Waals surface area (Å²) in [6.07, 6.45) is -0.208. The van der Waals surface area contributed by atoms with E-state index < -0.39 is 11.6 Å². The van der Waals surface area contributed by atoms with E-state index in [1.165, 1.54) is 0 Å². The molecule has 0 aliphatic carbocycles. The van der Waals surface area contributed by atoms with Crippen molar-refractivity contribution in [1.29, 1.82) is 0 Å². The lowest BCUT2D eigenvalue weighted by Gasteiger charge is -2.19. The Kier molecular flexibility index (Phi) is 4.05. The third-order valence-electron chi connectivity index (χ3n) is 2.06. The number of carbonyl (C=O) groups excluding carboxylic acids is 2. The summed E-state index contributed by atoms with van der Waals surface area (Å²) < 4.78 is 5.10. The van der Waals surface area contributed by atoms with Crippen molar-refractivity contribution in [1.82, 2.24) is 0 Å². The van der Waals surface area contributed by atoms with Crippen molar-refractivity contribution < 1.29 is 14.3 Å². The van der Waals surface area contributed by atoms with E-state index in [1.807, 2.05) is 13.0 Å². The minimum absolute atomic E-state index is 0.206. The molecule has 17 heavy (non-hydrogen) atoms. The zero-order valence-electron chi connectivity index (χ0n) is 10.7. The second kappa shape index (κ2) is 5.13. The van der Waals surface area contributed by atoms with Crippen LogP contribution in [0.1, 0.15) is 43.1 Å². The van der Waals surface area contributed by atoms with Crippen molar-refractivity contribution in [3.8, 4) is 0 Å². The number of esters is 1. The molecule has 0 aliphatic heterocycles. The molecule has 3 nitrogen and oxygen atoms in total. The second-order valence-electron chi connectivity index (χ2n) is 5.06. The van der Waals surface area contributed by atoms with Gasteiger partial charge >= 0.3 is 5.97 Å². The fourth-order valence-corrected chi connectivity index (χ4v) is 1.43. The molecule has 0 radical (unpaired) electrons. The maximum absolute atomic E-state index is 11.8. The Balaban J connectivity index is 2.64. The molecule has 0 amide bonds. The lowest BCUT2D eigenvalue weighted by Crippen LogP contribution is -2.25. The molecule has 0 unspecified atom stereocenters. The van der Waals surface area contributed by atoms with Crippen LogP contribution in [-0.4, -0.2) is 17.4 Å². The Morgan fingerprint density at radius 3 is 2.41 bits per heavy atom. The predicted molar refractivity (Wildman–Crippen MR) is 66.0 cm³/mol. The summed E-state index contributed by atoms with van der Waals surface area (Å²) in [7, 11) is 0. The van der Waals surface area contributed by atoms with E-state index in [2.05, 4.69) is 0 Å². The number of ketones is 1. The molecule has 0 N–H and O–H groups in total. The van der Waals surface area contributed by atoms with Crippen LogP contribution in [0.15, 0.2) is 24.3 Å². The van der Waals surface area contributed by atoms with Crippen LogP contribution in [0, 0.1) is 6.92 Å². The summed E-state index contributed by atoms with van der Waals surface area (Å²) in [6.45, 7) is 7.25. The van der Waals surface area contributed by atoms with Crippen LogP contribution in [-0.2, 0) is 9.53 Å². The van der Waals surface area contributed by atoms with Gasteiger partial charge in [-0.1, -0.05) is 23.8 Å². The van der Waals surface area contributed by atoms with Gasteiger partial charge in [-0.05, 0) is 33.8 Å². The van der Waals surface area contributed by atoms with Crippen molar-refractivity contribution in [2.75, 3.05) is 0 Å². The van der Waals surface area contributed by atoms with E-state index in [0.717, 1.165) is 5.56 Å². The fraction of sp³-hybridized carbons (Fsp3) is 0.429. The SMILES string of the molecule is Cc1cccc(C(=O)CC(=O)OC(C)(C)C)c1. The average molecular weight is 234 g/mol. The van der Waals surface area contributed by atoms with E-state index in [1.54, 1.807) is 39.0 Å². The van der Waals surface area contributed by atoms with Crippen LogP contribution in [0.25, 0.3) is 0 Å². The molecule has 0 atom stereocenters. The van der Waals surface area contributed by atoms with Crippen molar-refractivity contribution >= 4 is 11.8 Å². The molecule has 0 heterocycles. The fourth-order valence-electron chi connectivity index (χ4n) is 1.43. The molecule has 0 fully saturated rings. The van der Waals surface area contributed by atoms with Gasteiger partial charge in [0.1, 0.15) is 12.0 Å². The smallest absolute Gasteiger partial charge is 0.314 e. The van der Waals surface area contributed by atoms with Crippen molar-refractivity contribution in [2.24, 2.45) is 0 Å². The normalized spacial score (nSPS) is 11.1. The van der Waals surface area contributed by atoms with Crippen molar-refractivity contribution in [2.45, 2.75) is 39.7 Å². The van der Waals surface area contributed by atoms with Crippen LogP contribution < -0.4 is 0 Å². The largest absolute Gasteiger partial charge is 0.460 e. The quantitative estimate of drug-likeness (QED) is 0.459. The summed E-state index contributed by atoms with van der Waals surface area (Å²) >= 11 is 0. The summed E-state index contributed by atoms with van der Waals surface area (Å²) in [6, 6.07) is 7.19. The van der Waals surface area contributed by atoms with Gasteiger partial charge in [-0.25, -0.2) is 0 Å². The first-order chi connectivity index (χ1) is 7.78. The lowest BCUT2D eigenvalue weighted by molar-refractivity contribution is -0.153.